The number of fused-ring (bicyclic) bond motifs is 2. The quantitative estimate of drug-likeness (QED) is 0.800. The fourth-order valence-corrected chi connectivity index (χ4v) is 4.59. The Labute approximate surface area is 173 Å². The molecule has 0 unspecified atom stereocenters. The maximum absolute atomic E-state index is 5.76. The molecule has 2 aliphatic rings. The SMILES string of the molecule is CCCN1CCC(Nc2c3c(nc4cc(OC)c(OC)cc24)CCOCC3)CC1. The first-order valence-electron chi connectivity index (χ1n) is 10.9. The Kier molecular flexibility index (Phi) is 6.40. The summed E-state index contributed by atoms with van der Waals surface area (Å²) in [5, 5.41) is 5.02. The van der Waals surface area contributed by atoms with E-state index in [2.05, 4.69) is 23.2 Å². The van der Waals surface area contributed by atoms with Crippen molar-refractivity contribution >= 4 is 16.6 Å². The zero-order chi connectivity index (χ0) is 20.2. The molecule has 1 aromatic heterocycles. The molecule has 0 saturated carbocycles. The van der Waals surface area contributed by atoms with Gasteiger partial charge in [-0.3, -0.25) is 4.98 Å². The number of aromatic nitrogens is 1. The van der Waals surface area contributed by atoms with Gasteiger partial charge in [0.2, 0.25) is 0 Å². The summed E-state index contributed by atoms with van der Waals surface area (Å²) < 4.78 is 16.9. The second-order valence-corrected chi connectivity index (χ2v) is 8.01. The van der Waals surface area contributed by atoms with Crippen molar-refractivity contribution in [2.75, 3.05) is 52.4 Å². The molecule has 0 radical (unpaired) electrons. The number of ether oxygens (including phenoxy) is 3. The molecule has 6 heteroatoms. The van der Waals surface area contributed by atoms with Gasteiger partial charge < -0.3 is 24.4 Å². The number of benzene rings is 1. The lowest BCUT2D eigenvalue weighted by molar-refractivity contribution is 0.146. The van der Waals surface area contributed by atoms with E-state index in [0.717, 1.165) is 67.2 Å². The standard InChI is InChI=1S/C23H33N3O3/c1-4-9-26-10-5-16(6-11-26)24-23-17-7-12-29-13-8-19(17)25-20-15-22(28-3)21(27-2)14-18(20)23/h14-16H,4-13H2,1-3H3,(H,24,25). The molecular formula is C23H33N3O3. The van der Waals surface area contributed by atoms with Crippen LogP contribution in [0, 0.1) is 0 Å². The molecule has 0 bridgehead atoms. The van der Waals surface area contributed by atoms with Crippen LogP contribution in [0.15, 0.2) is 12.1 Å². The van der Waals surface area contributed by atoms with Gasteiger partial charge in [-0.1, -0.05) is 6.92 Å². The Balaban J connectivity index is 1.72. The summed E-state index contributed by atoms with van der Waals surface area (Å²) in [4.78, 5) is 7.56. The molecule has 0 spiro atoms. The lowest BCUT2D eigenvalue weighted by Crippen LogP contribution is -2.39. The maximum atomic E-state index is 5.76. The van der Waals surface area contributed by atoms with Gasteiger partial charge in [0.1, 0.15) is 0 Å². The van der Waals surface area contributed by atoms with Crippen LogP contribution >= 0.6 is 0 Å². The molecule has 0 atom stereocenters. The lowest BCUT2D eigenvalue weighted by Gasteiger charge is -2.33. The average Bonchev–Trinajstić information content (AvgIpc) is 2.99. The first kappa shape index (κ1) is 20.2. The van der Waals surface area contributed by atoms with Crippen LogP contribution in [0.2, 0.25) is 0 Å². The highest BCUT2D eigenvalue weighted by molar-refractivity contribution is 5.96. The number of pyridine rings is 1. The van der Waals surface area contributed by atoms with E-state index in [4.69, 9.17) is 19.2 Å². The van der Waals surface area contributed by atoms with E-state index >= 15 is 0 Å². The third kappa shape index (κ3) is 4.28. The van der Waals surface area contributed by atoms with Crippen LogP contribution in [0.3, 0.4) is 0 Å². The third-order valence-corrected chi connectivity index (χ3v) is 6.13. The highest BCUT2D eigenvalue weighted by Crippen LogP contribution is 2.38. The molecule has 0 aliphatic carbocycles. The van der Waals surface area contributed by atoms with Crippen molar-refractivity contribution in [2.45, 2.75) is 45.1 Å². The van der Waals surface area contributed by atoms with Crippen molar-refractivity contribution in [1.29, 1.82) is 0 Å². The van der Waals surface area contributed by atoms with Crippen LogP contribution < -0.4 is 14.8 Å². The first-order valence-corrected chi connectivity index (χ1v) is 10.9. The van der Waals surface area contributed by atoms with E-state index in [-0.39, 0.29) is 0 Å². The number of hydrogen-bond acceptors (Lipinski definition) is 6. The predicted octanol–water partition coefficient (Wildman–Crippen LogP) is 3.65. The number of nitrogens with one attached hydrogen (secondary N) is 1. The van der Waals surface area contributed by atoms with E-state index < -0.39 is 0 Å². The number of likely N-dealkylation sites (tertiary alicyclic amines) is 1. The smallest absolute Gasteiger partial charge is 0.162 e. The highest BCUT2D eigenvalue weighted by Gasteiger charge is 2.24. The van der Waals surface area contributed by atoms with E-state index in [1.807, 2.05) is 6.07 Å². The van der Waals surface area contributed by atoms with Crippen molar-refractivity contribution < 1.29 is 14.2 Å². The van der Waals surface area contributed by atoms with Crippen LogP contribution in [-0.4, -0.2) is 63.0 Å². The van der Waals surface area contributed by atoms with Gasteiger partial charge in [0.15, 0.2) is 11.5 Å². The molecule has 2 aliphatic heterocycles. The summed E-state index contributed by atoms with van der Waals surface area (Å²) in [6.07, 6.45) is 5.31. The van der Waals surface area contributed by atoms with Gasteiger partial charge in [-0.2, -0.15) is 0 Å². The largest absolute Gasteiger partial charge is 0.493 e. The van der Waals surface area contributed by atoms with Crippen LogP contribution in [-0.2, 0) is 17.6 Å². The van der Waals surface area contributed by atoms with Crippen LogP contribution in [0.25, 0.3) is 10.9 Å². The number of anilines is 1. The summed E-state index contributed by atoms with van der Waals surface area (Å²) in [5.41, 5.74) is 4.62. The van der Waals surface area contributed by atoms with Gasteiger partial charge in [-0.15, -0.1) is 0 Å². The highest BCUT2D eigenvalue weighted by atomic mass is 16.5. The summed E-state index contributed by atoms with van der Waals surface area (Å²) in [7, 11) is 3.36. The Bertz CT molecular complexity index is 847. The Morgan fingerprint density at radius 1 is 1.10 bits per heavy atom. The number of hydrogen-bond donors (Lipinski definition) is 1. The number of methoxy groups -OCH3 is 2. The second-order valence-electron chi connectivity index (χ2n) is 8.01. The number of piperidine rings is 1. The fourth-order valence-electron chi connectivity index (χ4n) is 4.59. The minimum absolute atomic E-state index is 0.482. The summed E-state index contributed by atoms with van der Waals surface area (Å²) in [5.74, 6) is 1.46. The number of nitrogens with zero attached hydrogens (tertiary/aromatic N) is 2. The molecule has 158 valence electrons. The number of rotatable bonds is 6. The molecule has 0 amide bonds. The third-order valence-electron chi connectivity index (χ3n) is 6.13. The summed E-state index contributed by atoms with van der Waals surface area (Å²) in [6.45, 7) is 7.26. The molecule has 1 aromatic carbocycles. The molecule has 6 nitrogen and oxygen atoms in total. The molecule has 3 heterocycles. The fraction of sp³-hybridized carbons (Fsp3) is 0.609. The predicted molar refractivity (Wildman–Crippen MR) is 116 cm³/mol. The second kappa shape index (κ2) is 9.18. The topological polar surface area (TPSA) is 55.9 Å². The molecule has 4 rings (SSSR count). The van der Waals surface area contributed by atoms with Crippen LogP contribution in [0.4, 0.5) is 5.69 Å². The average molecular weight is 400 g/mol. The van der Waals surface area contributed by atoms with Crippen LogP contribution in [0.1, 0.15) is 37.4 Å². The van der Waals surface area contributed by atoms with Gasteiger partial charge in [-0.05, 0) is 43.9 Å². The van der Waals surface area contributed by atoms with E-state index in [0.29, 0.717) is 6.04 Å². The van der Waals surface area contributed by atoms with Gasteiger partial charge in [0.25, 0.3) is 0 Å². The zero-order valence-corrected chi connectivity index (χ0v) is 17.9. The molecule has 2 aromatic rings. The van der Waals surface area contributed by atoms with Crippen molar-refractivity contribution in [1.82, 2.24) is 9.88 Å². The van der Waals surface area contributed by atoms with E-state index in [1.165, 1.54) is 37.1 Å². The van der Waals surface area contributed by atoms with Gasteiger partial charge in [-0.25, -0.2) is 0 Å². The minimum Gasteiger partial charge on any atom is -0.493 e. The van der Waals surface area contributed by atoms with Gasteiger partial charge in [0.05, 0.1) is 33.0 Å². The van der Waals surface area contributed by atoms with Crippen molar-refractivity contribution in [2.24, 2.45) is 0 Å². The van der Waals surface area contributed by atoms with Crippen molar-refractivity contribution in [3.05, 3.63) is 23.4 Å². The van der Waals surface area contributed by atoms with Gasteiger partial charge >= 0.3 is 0 Å². The minimum atomic E-state index is 0.482. The molecular weight excluding hydrogens is 366 g/mol. The Morgan fingerprint density at radius 2 is 1.83 bits per heavy atom. The van der Waals surface area contributed by atoms with Gasteiger partial charge in [0, 0.05) is 48.4 Å². The lowest BCUT2D eigenvalue weighted by atomic mass is 9.98. The summed E-state index contributed by atoms with van der Waals surface area (Å²) in [6, 6.07) is 4.55. The normalized spacial score (nSPS) is 18.3. The van der Waals surface area contributed by atoms with Crippen molar-refractivity contribution in [3.63, 3.8) is 0 Å². The molecule has 1 fully saturated rings. The first-order chi connectivity index (χ1) is 14.2. The van der Waals surface area contributed by atoms with Crippen molar-refractivity contribution in [3.8, 4) is 11.5 Å². The Morgan fingerprint density at radius 3 is 2.55 bits per heavy atom. The molecule has 1 saturated heterocycles. The molecule has 29 heavy (non-hydrogen) atoms. The van der Waals surface area contributed by atoms with E-state index in [1.54, 1.807) is 14.2 Å². The monoisotopic (exact) mass is 399 g/mol. The Hall–Kier alpha value is -2.05. The summed E-state index contributed by atoms with van der Waals surface area (Å²) >= 11 is 0. The zero-order valence-electron chi connectivity index (χ0n) is 17.9. The van der Waals surface area contributed by atoms with E-state index in [9.17, 15) is 0 Å². The van der Waals surface area contributed by atoms with Crippen LogP contribution in [0.5, 0.6) is 11.5 Å². The maximum Gasteiger partial charge on any atom is 0.162 e. The molecule has 1 N–H and O–H groups in total.